The molecule has 0 aliphatic heterocycles. The molecule has 0 amide bonds. The predicted octanol–water partition coefficient (Wildman–Crippen LogP) is 3.01. The van der Waals surface area contributed by atoms with Crippen molar-refractivity contribution in [3.63, 3.8) is 0 Å². The third kappa shape index (κ3) is 5.83. The normalized spacial score (nSPS) is 21.1. The van der Waals surface area contributed by atoms with Gasteiger partial charge in [0.25, 0.3) is 0 Å². The summed E-state index contributed by atoms with van der Waals surface area (Å²) in [5.41, 5.74) is 0.933. The summed E-state index contributed by atoms with van der Waals surface area (Å²) < 4.78 is 1.68. The first-order chi connectivity index (χ1) is 12.4. The Morgan fingerprint density at radius 2 is 2.26 bits per heavy atom. The molecule has 1 aromatic carbocycles. The number of rotatable bonds is 6. The van der Waals surface area contributed by atoms with Crippen molar-refractivity contribution in [2.45, 2.75) is 37.8 Å². The molecular weight excluding hydrogens is 477 g/mol. The number of nitrogens with zero attached hydrogens (tertiary/aromatic N) is 3. The largest absolute Gasteiger partial charge is 0.383 e. The van der Waals surface area contributed by atoms with Crippen molar-refractivity contribution in [3.05, 3.63) is 52.8 Å². The van der Waals surface area contributed by atoms with E-state index >= 15 is 0 Å². The second-order valence-corrected chi connectivity index (χ2v) is 7.46. The van der Waals surface area contributed by atoms with Crippen LogP contribution in [0.2, 0.25) is 5.02 Å². The van der Waals surface area contributed by atoms with Gasteiger partial charge in [0.05, 0.1) is 12.7 Å². The highest BCUT2D eigenvalue weighted by Gasteiger charge is 2.39. The molecule has 1 aliphatic rings. The Labute approximate surface area is 182 Å². The third-order valence-corrected chi connectivity index (χ3v) is 4.84. The van der Waals surface area contributed by atoms with Gasteiger partial charge in [-0.25, -0.2) is 4.99 Å². The second kappa shape index (κ2) is 9.25. The van der Waals surface area contributed by atoms with Gasteiger partial charge in [0.2, 0.25) is 0 Å². The molecule has 148 valence electrons. The zero-order valence-electron chi connectivity index (χ0n) is 15.8. The molecule has 0 radical (unpaired) electrons. The van der Waals surface area contributed by atoms with Crippen molar-refractivity contribution in [1.29, 1.82) is 0 Å². The van der Waals surface area contributed by atoms with Crippen LogP contribution in [0.15, 0.2) is 41.7 Å². The van der Waals surface area contributed by atoms with E-state index in [0.717, 1.165) is 23.6 Å². The van der Waals surface area contributed by atoms with Crippen LogP contribution >= 0.6 is 35.6 Å². The van der Waals surface area contributed by atoms with Crippen LogP contribution in [0.1, 0.15) is 37.3 Å². The Bertz CT molecular complexity index is 792. The minimum Gasteiger partial charge on any atom is -0.383 e. The molecule has 1 aliphatic carbocycles. The van der Waals surface area contributed by atoms with Crippen LogP contribution in [0.25, 0.3) is 0 Å². The minimum atomic E-state index is -1.06. The molecule has 3 atom stereocenters. The molecular formula is C19H27ClIN5O. The molecule has 2 aromatic rings. The zero-order chi connectivity index (χ0) is 18.7. The Hall–Kier alpha value is -1.32. The fourth-order valence-electron chi connectivity index (χ4n) is 2.98. The van der Waals surface area contributed by atoms with Crippen LogP contribution in [0.3, 0.4) is 0 Å². The molecule has 0 spiro atoms. The first-order valence-electron chi connectivity index (χ1n) is 8.91. The molecule has 8 heteroatoms. The van der Waals surface area contributed by atoms with Gasteiger partial charge in [-0.3, -0.25) is 4.68 Å². The monoisotopic (exact) mass is 503 g/mol. The smallest absolute Gasteiger partial charge is 0.191 e. The molecule has 3 unspecified atom stereocenters. The number of guanidine groups is 1. The van der Waals surface area contributed by atoms with E-state index in [4.69, 9.17) is 11.6 Å². The van der Waals surface area contributed by atoms with Gasteiger partial charge in [0.1, 0.15) is 5.60 Å². The van der Waals surface area contributed by atoms with Crippen LogP contribution in [0.4, 0.5) is 0 Å². The third-order valence-electron chi connectivity index (χ3n) is 4.61. The fraction of sp³-hybridized carbons (Fsp3) is 0.474. The van der Waals surface area contributed by atoms with Gasteiger partial charge in [0, 0.05) is 42.3 Å². The Balaban J connectivity index is 0.00000261. The van der Waals surface area contributed by atoms with E-state index < -0.39 is 5.60 Å². The maximum absolute atomic E-state index is 10.7. The molecule has 3 rings (SSSR count). The van der Waals surface area contributed by atoms with Gasteiger partial charge in [-0.15, -0.1) is 24.0 Å². The van der Waals surface area contributed by atoms with E-state index in [1.54, 1.807) is 17.8 Å². The molecule has 0 bridgehead atoms. The molecule has 1 fully saturated rings. The molecule has 1 aromatic heterocycles. The van der Waals surface area contributed by atoms with Gasteiger partial charge in [0.15, 0.2) is 5.96 Å². The highest BCUT2D eigenvalue weighted by Crippen LogP contribution is 2.41. The number of aliphatic imine (C=N–C) groups is 1. The van der Waals surface area contributed by atoms with Crippen molar-refractivity contribution in [2.24, 2.45) is 12.0 Å². The lowest BCUT2D eigenvalue weighted by Crippen LogP contribution is -2.40. The summed E-state index contributed by atoms with van der Waals surface area (Å²) in [6.45, 7) is 4.79. The summed E-state index contributed by atoms with van der Waals surface area (Å²) in [5, 5.41) is 22.3. The topological polar surface area (TPSA) is 74.5 Å². The number of benzene rings is 1. The number of aryl methyl sites for hydroxylation is 1. The Kier molecular flexibility index (Phi) is 7.53. The van der Waals surface area contributed by atoms with Crippen molar-refractivity contribution in [3.8, 4) is 0 Å². The SMILES string of the molecule is CCNC(=NCC(C)(O)c1cnn(C)c1)NC1CC1c1cccc(Cl)c1.I. The number of halogens is 2. The van der Waals surface area contributed by atoms with Gasteiger partial charge < -0.3 is 15.7 Å². The molecule has 0 saturated heterocycles. The molecule has 1 saturated carbocycles. The lowest BCUT2D eigenvalue weighted by Gasteiger charge is -2.20. The lowest BCUT2D eigenvalue weighted by molar-refractivity contribution is 0.0671. The van der Waals surface area contributed by atoms with Gasteiger partial charge >= 0.3 is 0 Å². The van der Waals surface area contributed by atoms with E-state index in [-0.39, 0.29) is 30.5 Å². The number of aromatic nitrogens is 2. The summed E-state index contributed by atoms with van der Waals surface area (Å²) in [4.78, 5) is 4.58. The van der Waals surface area contributed by atoms with E-state index in [9.17, 15) is 5.11 Å². The van der Waals surface area contributed by atoms with Gasteiger partial charge in [-0.2, -0.15) is 5.10 Å². The fourth-order valence-corrected chi connectivity index (χ4v) is 3.18. The average Bonchev–Trinajstić information content (AvgIpc) is 3.22. The minimum absolute atomic E-state index is 0. The average molecular weight is 504 g/mol. The first kappa shape index (κ1) is 22.0. The highest BCUT2D eigenvalue weighted by atomic mass is 127. The van der Waals surface area contributed by atoms with Crippen LogP contribution in [-0.4, -0.2) is 40.0 Å². The van der Waals surface area contributed by atoms with Crippen LogP contribution in [0, 0.1) is 0 Å². The maximum atomic E-state index is 10.7. The number of nitrogens with one attached hydrogen (secondary N) is 2. The molecule has 3 N–H and O–H groups in total. The standard InChI is InChI=1S/C19H26ClN5O.HI/c1-4-21-18(22-12-19(2,26)14-10-23-25(3)11-14)24-17-9-16(17)13-6-5-7-15(20)8-13;/h5-8,10-11,16-17,26H,4,9,12H2,1-3H3,(H2,21,22,24);1H. The van der Waals surface area contributed by atoms with Crippen LogP contribution < -0.4 is 10.6 Å². The van der Waals surface area contributed by atoms with Gasteiger partial charge in [-0.1, -0.05) is 23.7 Å². The van der Waals surface area contributed by atoms with Crippen LogP contribution in [-0.2, 0) is 12.6 Å². The quantitative estimate of drug-likeness (QED) is 0.322. The molecule has 6 nitrogen and oxygen atoms in total. The predicted molar refractivity (Wildman–Crippen MR) is 120 cm³/mol. The zero-order valence-corrected chi connectivity index (χ0v) is 18.9. The highest BCUT2D eigenvalue weighted by molar-refractivity contribution is 14.0. The van der Waals surface area contributed by atoms with Crippen LogP contribution in [0.5, 0.6) is 0 Å². The molecule has 1 heterocycles. The summed E-state index contributed by atoms with van der Waals surface area (Å²) >= 11 is 6.09. The summed E-state index contributed by atoms with van der Waals surface area (Å²) in [6, 6.07) is 8.33. The Morgan fingerprint density at radius 3 is 2.89 bits per heavy atom. The summed E-state index contributed by atoms with van der Waals surface area (Å²) in [5.74, 6) is 1.16. The number of aliphatic hydroxyl groups is 1. The van der Waals surface area contributed by atoms with Crippen molar-refractivity contribution < 1.29 is 5.11 Å². The number of hydrogen-bond acceptors (Lipinski definition) is 3. The lowest BCUT2D eigenvalue weighted by atomic mass is 10.0. The van der Waals surface area contributed by atoms with Gasteiger partial charge in [-0.05, 0) is 38.0 Å². The van der Waals surface area contributed by atoms with Crippen molar-refractivity contribution >= 4 is 41.5 Å². The maximum Gasteiger partial charge on any atom is 0.191 e. The molecule has 27 heavy (non-hydrogen) atoms. The summed E-state index contributed by atoms with van der Waals surface area (Å²) in [6.07, 6.45) is 4.53. The summed E-state index contributed by atoms with van der Waals surface area (Å²) in [7, 11) is 1.83. The number of hydrogen-bond donors (Lipinski definition) is 3. The van der Waals surface area contributed by atoms with Crippen molar-refractivity contribution in [1.82, 2.24) is 20.4 Å². The van der Waals surface area contributed by atoms with Crippen molar-refractivity contribution in [2.75, 3.05) is 13.1 Å². The van der Waals surface area contributed by atoms with E-state index in [1.165, 1.54) is 5.56 Å². The Morgan fingerprint density at radius 1 is 1.48 bits per heavy atom. The second-order valence-electron chi connectivity index (χ2n) is 7.02. The van der Waals surface area contributed by atoms with E-state index in [2.05, 4.69) is 26.8 Å². The van der Waals surface area contributed by atoms with E-state index in [0.29, 0.717) is 17.9 Å². The van der Waals surface area contributed by atoms with E-state index in [1.807, 2.05) is 38.4 Å². The first-order valence-corrected chi connectivity index (χ1v) is 9.28.